The van der Waals surface area contributed by atoms with E-state index in [0.29, 0.717) is 11.3 Å². The zero-order valence-electron chi connectivity index (χ0n) is 6.97. The molecule has 0 fully saturated rings. The van der Waals surface area contributed by atoms with Crippen LogP contribution in [0, 0.1) is 5.82 Å². The summed E-state index contributed by atoms with van der Waals surface area (Å²) in [5.74, 6) is -0.478. The maximum atomic E-state index is 12.8. The largest absolute Gasteiger partial charge is 0.298 e. The van der Waals surface area contributed by atoms with Crippen molar-refractivity contribution in [3.05, 3.63) is 45.5 Å². The number of aromatic amines is 2. The molecule has 14 heavy (non-hydrogen) atoms. The quantitative estimate of drug-likeness (QED) is 0.748. The topological polar surface area (TPSA) is 48.6 Å². The summed E-state index contributed by atoms with van der Waals surface area (Å²) in [4.78, 5) is 10.8. The molecule has 2 N–H and O–H groups in total. The lowest BCUT2D eigenvalue weighted by molar-refractivity contribution is 0.628. The Bertz CT molecular complexity index is 518. The Kier molecular flexibility index (Phi) is 2.13. The van der Waals surface area contributed by atoms with Gasteiger partial charge in [-0.1, -0.05) is 11.6 Å². The van der Waals surface area contributed by atoms with E-state index < -0.39 is 5.82 Å². The normalized spacial score (nSPS) is 10.4. The fourth-order valence-electron chi connectivity index (χ4n) is 1.15. The van der Waals surface area contributed by atoms with Crippen LogP contribution in [0.4, 0.5) is 4.39 Å². The molecule has 0 radical (unpaired) electrons. The second kappa shape index (κ2) is 3.31. The third-order valence-corrected chi connectivity index (χ3v) is 2.12. The predicted molar refractivity (Wildman–Crippen MR) is 51.8 cm³/mol. The second-order valence-electron chi connectivity index (χ2n) is 2.80. The molecule has 5 heteroatoms. The Balaban J connectivity index is 2.52. The van der Waals surface area contributed by atoms with E-state index in [0.717, 1.165) is 0 Å². The molecule has 0 atom stereocenters. The number of halogens is 2. The maximum Gasteiger partial charge on any atom is 0.264 e. The predicted octanol–water partition coefficient (Wildman–Crippen LogP) is 2.16. The first-order valence-electron chi connectivity index (χ1n) is 3.90. The summed E-state index contributed by atoms with van der Waals surface area (Å²) in [6.07, 6.45) is 0. The van der Waals surface area contributed by atoms with Gasteiger partial charge in [0, 0.05) is 11.6 Å². The van der Waals surface area contributed by atoms with Gasteiger partial charge in [0.15, 0.2) is 0 Å². The van der Waals surface area contributed by atoms with Crippen LogP contribution in [0.25, 0.3) is 11.3 Å². The van der Waals surface area contributed by atoms with E-state index in [1.165, 1.54) is 18.2 Å². The first-order valence-corrected chi connectivity index (χ1v) is 4.28. The van der Waals surface area contributed by atoms with Crippen LogP contribution in [0.2, 0.25) is 5.02 Å². The van der Waals surface area contributed by atoms with E-state index >= 15 is 0 Å². The molecule has 0 aliphatic carbocycles. The monoisotopic (exact) mass is 212 g/mol. The zero-order valence-corrected chi connectivity index (χ0v) is 7.73. The van der Waals surface area contributed by atoms with Crippen LogP contribution in [-0.4, -0.2) is 10.2 Å². The van der Waals surface area contributed by atoms with Gasteiger partial charge < -0.3 is 0 Å². The van der Waals surface area contributed by atoms with Gasteiger partial charge in [-0.25, -0.2) is 4.39 Å². The first-order chi connectivity index (χ1) is 6.66. The van der Waals surface area contributed by atoms with Gasteiger partial charge in [0.2, 0.25) is 0 Å². The van der Waals surface area contributed by atoms with E-state index in [1.807, 2.05) is 0 Å². The molecule has 1 aromatic heterocycles. The van der Waals surface area contributed by atoms with Crippen molar-refractivity contribution in [2.45, 2.75) is 0 Å². The molecule has 0 spiro atoms. The number of benzene rings is 1. The van der Waals surface area contributed by atoms with Gasteiger partial charge in [0.05, 0.1) is 10.7 Å². The van der Waals surface area contributed by atoms with Gasteiger partial charge in [-0.15, -0.1) is 0 Å². The Labute approximate surface area is 83.5 Å². The van der Waals surface area contributed by atoms with Crippen LogP contribution >= 0.6 is 11.6 Å². The molecule has 0 saturated heterocycles. The van der Waals surface area contributed by atoms with E-state index in [9.17, 15) is 9.18 Å². The minimum Gasteiger partial charge on any atom is -0.298 e. The molecule has 0 aliphatic heterocycles. The van der Waals surface area contributed by atoms with Gasteiger partial charge >= 0.3 is 0 Å². The Morgan fingerprint density at radius 3 is 2.57 bits per heavy atom. The van der Waals surface area contributed by atoms with Crippen LogP contribution in [0.1, 0.15) is 0 Å². The molecule has 2 rings (SSSR count). The SMILES string of the molecule is O=c1cc(-c2ccc(F)c(Cl)c2)[nH][nH]1. The van der Waals surface area contributed by atoms with Crippen molar-refractivity contribution in [1.29, 1.82) is 0 Å². The molecular formula is C9H6ClFN2O. The molecule has 0 amide bonds. The molecule has 1 heterocycles. The summed E-state index contributed by atoms with van der Waals surface area (Å²) < 4.78 is 12.8. The number of hydrogen-bond donors (Lipinski definition) is 2. The van der Waals surface area contributed by atoms with Crippen LogP contribution in [-0.2, 0) is 0 Å². The van der Waals surface area contributed by atoms with Gasteiger partial charge in [0.25, 0.3) is 5.56 Å². The summed E-state index contributed by atoms with van der Waals surface area (Å²) in [6.45, 7) is 0. The fraction of sp³-hybridized carbons (Fsp3) is 0. The van der Waals surface area contributed by atoms with Crippen LogP contribution in [0.15, 0.2) is 29.1 Å². The van der Waals surface area contributed by atoms with Gasteiger partial charge in [-0.3, -0.25) is 15.0 Å². The lowest BCUT2D eigenvalue weighted by Crippen LogP contribution is -1.93. The smallest absolute Gasteiger partial charge is 0.264 e. The number of nitrogens with one attached hydrogen (secondary N) is 2. The van der Waals surface area contributed by atoms with Gasteiger partial charge in [0.1, 0.15) is 5.82 Å². The average molecular weight is 213 g/mol. The minimum absolute atomic E-state index is 0.0320. The average Bonchev–Trinajstić information content (AvgIpc) is 2.57. The zero-order chi connectivity index (χ0) is 10.1. The fourth-order valence-corrected chi connectivity index (χ4v) is 1.33. The molecule has 0 bridgehead atoms. The van der Waals surface area contributed by atoms with Gasteiger partial charge in [-0.2, -0.15) is 0 Å². The van der Waals surface area contributed by atoms with Crippen LogP contribution in [0.5, 0.6) is 0 Å². The standard InChI is InChI=1S/C9H6ClFN2O/c10-6-3-5(1-2-7(6)11)8-4-9(14)13-12-8/h1-4H,(H2,12,13,14). The Morgan fingerprint density at radius 1 is 1.21 bits per heavy atom. The van der Waals surface area contributed by atoms with E-state index in [2.05, 4.69) is 10.2 Å². The van der Waals surface area contributed by atoms with E-state index in [4.69, 9.17) is 11.6 Å². The summed E-state index contributed by atoms with van der Waals surface area (Å²) in [5.41, 5.74) is 1.01. The van der Waals surface area contributed by atoms with Crippen molar-refractivity contribution in [3.63, 3.8) is 0 Å². The Hall–Kier alpha value is -1.55. The highest BCUT2D eigenvalue weighted by Crippen LogP contribution is 2.22. The highest BCUT2D eigenvalue weighted by molar-refractivity contribution is 6.31. The number of hydrogen-bond acceptors (Lipinski definition) is 1. The van der Waals surface area contributed by atoms with Crippen LogP contribution in [0.3, 0.4) is 0 Å². The van der Waals surface area contributed by atoms with E-state index in [1.54, 1.807) is 6.07 Å². The second-order valence-corrected chi connectivity index (χ2v) is 3.21. The van der Waals surface area contributed by atoms with Crippen molar-refractivity contribution in [2.75, 3.05) is 0 Å². The molecule has 0 saturated carbocycles. The lowest BCUT2D eigenvalue weighted by atomic mass is 10.1. The third-order valence-electron chi connectivity index (χ3n) is 1.83. The summed E-state index contributed by atoms with van der Waals surface area (Å²) >= 11 is 5.59. The summed E-state index contributed by atoms with van der Waals surface area (Å²) in [5, 5.41) is 5.07. The third kappa shape index (κ3) is 1.56. The van der Waals surface area contributed by atoms with Crippen LogP contribution < -0.4 is 5.56 Å². The Morgan fingerprint density at radius 2 is 2.00 bits per heavy atom. The van der Waals surface area contributed by atoms with Crippen molar-refractivity contribution < 1.29 is 4.39 Å². The first kappa shape index (κ1) is 9.02. The molecule has 2 aromatic rings. The number of aromatic nitrogens is 2. The molecule has 0 aliphatic rings. The minimum atomic E-state index is -0.478. The number of H-pyrrole nitrogens is 2. The molecule has 72 valence electrons. The molecular weight excluding hydrogens is 207 g/mol. The highest BCUT2D eigenvalue weighted by atomic mass is 35.5. The van der Waals surface area contributed by atoms with Crippen molar-refractivity contribution in [3.8, 4) is 11.3 Å². The van der Waals surface area contributed by atoms with E-state index in [-0.39, 0.29) is 10.6 Å². The van der Waals surface area contributed by atoms with Crippen molar-refractivity contribution in [1.82, 2.24) is 10.2 Å². The summed E-state index contributed by atoms with van der Waals surface area (Å²) in [7, 11) is 0. The lowest BCUT2D eigenvalue weighted by Gasteiger charge is -1.98. The van der Waals surface area contributed by atoms with Crippen molar-refractivity contribution >= 4 is 11.6 Å². The molecule has 3 nitrogen and oxygen atoms in total. The summed E-state index contributed by atoms with van der Waals surface area (Å²) in [6, 6.07) is 5.63. The van der Waals surface area contributed by atoms with Gasteiger partial charge in [-0.05, 0) is 18.2 Å². The molecule has 1 aromatic carbocycles. The highest BCUT2D eigenvalue weighted by Gasteiger charge is 2.04. The number of rotatable bonds is 1. The van der Waals surface area contributed by atoms with Crippen molar-refractivity contribution in [2.24, 2.45) is 0 Å². The molecule has 0 unspecified atom stereocenters. The maximum absolute atomic E-state index is 12.8.